The molecule has 10 heteroatoms. The molecule has 0 saturated heterocycles. The van der Waals surface area contributed by atoms with Gasteiger partial charge in [0.2, 0.25) is 11.1 Å². The fourth-order valence-electron chi connectivity index (χ4n) is 4.42. The quantitative estimate of drug-likeness (QED) is 0.0923. The van der Waals surface area contributed by atoms with Gasteiger partial charge in [0.05, 0.1) is 19.3 Å². The molecule has 4 rings (SSSR count). The van der Waals surface area contributed by atoms with Crippen LogP contribution < -0.4 is 14.8 Å². The van der Waals surface area contributed by atoms with Crippen molar-refractivity contribution in [1.29, 1.82) is 0 Å². The minimum atomic E-state index is -0.594. The van der Waals surface area contributed by atoms with Gasteiger partial charge in [-0.05, 0) is 42.7 Å². The highest BCUT2D eigenvalue weighted by atomic mass is 35.5. The Labute approximate surface area is 244 Å². The van der Waals surface area contributed by atoms with Crippen LogP contribution in [-0.2, 0) is 15.3 Å². The molecule has 1 atom stereocenters. The fraction of sp³-hybridized carbons (Fsp3) is 0.367. The number of allylic oxidation sites excluding steroid dienone is 1. The van der Waals surface area contributed by atoms with Crippen LogP contribution in [0.5, 0.6) is 11.5 Å². The molecule has 0 aliphatic carbocycles. The Morgan fingerprint density at radius 1 is 1.20 bits per heavy atom. The maximum atomic E-state index is 13.3. The standard InChI is InChI=1S/C30H35ClN4O4S/c1-5-7-8-11-17-38-24-15-14-21(18-25(24)37-4)27-26(28(36)39-16-6-2)20(3)32-29-33-30(34-35(27)29)40-19-22-12-9-10-13-23(22)31/h6,9-10,12-15,18,27H,2,5,7-8,11,16-17,19H2,1,3-4H3,(H,32,33,34). The number of esters is 1. The summed E-state index contributed by atoms with van der Waals surface area (Å²) in [7, 11) is 1.61. The van der Waals surface area contributed by atoms with E-state index in [4.69, 9.17) is 35.9 Å². The maximum Gasteiger partial charge on any atom is 0.338 e. The van der Waals surface area contributed by atoms with Crippen LogP contribution in [0.3, 0.4) is 0 Å². The van der Waals surface area contributed by atoms with E-state index >= 15 is 0 Å². The second-order valence-electron chi connectivity index (χ2n) is 9.32. The number of carbonyl (C=O) groups excluding carboxylic acids is 1. The Morgan fingerprint density at radius 3 is 2.77 bits per heavy atom. The van der Waals surface area contributed by atoms with Crippen LogP contribution in [-0.4, -0.2) is 41.1 Å². The molecule has 2 aromatic carbocycles. The minimum Gasteiger partial charge on any atom is -0.493 e. The van der Waals surface area contributed by atoms with Gasteiger partial charge < -0.3 is 19.5 Å². The lowest BCUT2D eigenvalue weighted by molar-refractivity contribution is -0.138. The third-order valence-electron chi connectivity index (χ3n) is 6.46. The number of unbranched alkanes of at least 4 members (excludes halogenated alkanes) is 3. The number of methoxy groups -OCH3 is 1. The molecule has 0 fully saturated rings. The molecule has 0 bridgehead atoms. The highest BCUT2D eigenvalue weighted by molar-refractivity contribution is 7.98. The van der Waals surface area contributed by atoms with Crippen molar-refractivity contribution in [2.45, 2.75) is 56.5 Å². The van der Waals surface area contributed by atoms with Gasteiger partial charge in [-0.15, -0.1) is 5.10 Å². The number of benzene rings is 2. The van der Waals surface area contributed by atoms with Crippen LogP contribution in [0, 0.1) is 0 Å². The highest BCUT2D eigenvalue weighted by Gasteiger charge is 2.35. The molecule has 1 aliphatic heterocycles. The number of fused-ring (bicyclic) bond motifs is 1. The first-order valence-electron chi connectivity index (χ1n) is 13.4. The Bertz CT molecular complexity index is 1370. The molecule has 212 valence electrons. The summed E-state index contributed by atoms with van der Waals surface area (Å²) in [5.41, 5.74) is 2.84. The van der Waals surface area contributed by atoms with E-state index < -0.39 is 12.0 Å². The SMILES string of the molecule is C=CCOC(=O)C1=C(C)Nc2nc(SCc3ccccc3Cl)nn2C1c1ccc(OCCCCCC)c(OC)c1. The first kappa shape index (κ1) is 29.6. The summed E-state index contributed by atoms with van der Waals surface area (Å²) in [6, 6.07) is 12.8. The summed E-state index contributed by atoms with van der Waals surface area (Å²) in [6.45, 7) is 8.38. The normalized spacial score (nSPS) is 14.3. The van der Waals surface area contributed by atoms with Gasteiger partial charge >= 0.3 is 5.97 Å². The lowest BCUT2D eigenvalue weighted by atomic mass is 9.95. The maximum absolute atomic E-state index is 13.3. The third-order valence-corrected chi connectivity index (χ3v) is 7.71. The van der Waals surface area contributed by atoms with Gasteiger partial charge in [0.1, 0.15) is 12.6 Å². The zero-order valence-electron chi connectivity index (χ0n) is 23.1. The van der Waals surface area contributed by atoms with Crippen LogP contribution in [0.25, 0.3) is 0 Å². The Hall–Kier alpha value is -3.43. The average Bonchev–Trinajstić information content (AvgIpc) is 3.37. The third kappa shape index (κ3) is 7.01. The molecular weight excluding hydrogens is 548 g/mol. The molecule has 1 aromatic heterocycles. The Kier molecular flexibility index (Phi) is 10.5. The molecule has 1 N–H and O–H groups in total. The van der Waals surface area contributed by atoms with E-state index in [1.165, 1.54) is 24.6 Å². The second-order valence-corrected chi connectivity index (χ2v) is 10.7. The summed E-state index contributed by atoms with van der Waals surface area (Å²) in [6.07, 6.45) is 6.00. The van der Waals surface area contributed by atoms with Gasteiger partial charge in [0.15, 0.2) is 11.5 Å². The Morgan fingerprint density at radius 2 is 2.02 bits per heavy atom. The molecule has 1 aliphatic rings. The molecule has 0 spiro atoms. The number of carbonyl (C=O) groups is 1. The number of rotatable bonds is 14. The van der Waals surface area contributed by atoms with Crippen molar-refractivity contribution in [2.75, 3.05) is 25.6 Å². The number of hydrogen-bond acceptors (Lipinski definition) is 8. The molecule has 40 heavy (non-hydrogen) atoms. The topological polar surface area (TPSA) is 87.5 Å². The average molecular weight is 583 g/mol. The first-order chi connectivity index (χ1) is 19.5. The number of halogens is 1. The van der Waals surface area contributed by atoms with Gasteiger partial charge in [-0.2, -0.15) is 4.98 Å². The first-order valence-corrected chi connectivity index (χ1v) is 14.7. The zero-order valence-corrected chi connectivity index (χ0v) is 24.7. The molecule has 1 unspecified atom stereocenters. The zero-order chi connectivity index (χ0) is 28.5. The lowest BCUT2D eigenvalue weighted by Crippen LogP contribution is -2.29. The molecule has 0 radical (unpaired) electrons. The number of aromatic nitrogens is 3. The summed E-state index contributed by atoms with van der Waals surface area (Å²) in [5.74, 6) is 1.91. The van der Waals surface area contributed by atoms with Crippen LogP contribution in [0.2, 0.25) is 5.02 Å². The van der Waals surface area contributed by atoms with E-state index in [0.29, 0.717) is 51.3 Å². The van der Waals surface area contributed by atoms with Crippen LogP contribution in [0.4, 0.5) is 5.95 Å². The Balaban J connectivity index is 1.66. The number of nitrogens with zero attached hydrogens (tertiary/aromatic N) is 3. The van der Waals surface area contributed by atoms with Gasteiger partial charge in [0.25, 0.3) is 0 Å². The van der Waals surface area contributed by atoms with Crippen LogP contribution in [0.15, 0.2) is 71.5 Å². The molecular formula is C30H35ClN4O4S. The number of nitrogens with one attached hydrogen (secondary N) is 1. The molecule has 0 saturated carbocycles. The van der Waals surface area contributed by atoms with Crippen LogP contribution in [0.1, 0.15) is 56.7 Å². The number of hydrogen-bond donors (Lipinski definition) is 1. The lowest BCUT2D eigenvalue weighted by Gasteiger charge is -2.28. The second kappa shape index (κ2) is 14.3. The van der Waals surface area contributed by atoms with E-state index in [9.17, 15) is 4.79 Å². The van der Waals surface area contributed by atoms with E-state index in [1.54, 1.807) is 17.9 Å². The smallest absolute Gasteiger partial charge is 0.338 e. The van der Waals surface area contributed by atoms with Gasteiger partial charge in [-0.25, -0.2) is 9.48 Å². The van der Waals surface area contributed by atoms with Crippen LogP contribution >= 0.6 is 23.4 Å². The summed E-state index contributed by atoms with van der Waals surface area (Å²) < 4.78 is 18.9. The highest BCUT2D eigenvalue weighted by Crippen LogP contribution is 2.40. The van der Waals surface area contributed by atoms with E-state index in [0.717, 1.165) is 24.0 Å². The molecule has 8 nitrogen and oxygen atoms in total. The predicted octanol–water partition coefficient (Wildman–Crippen LogP) is 7.21. The van der Waals surface area contributed by atoms with E-state index in [-0.39, 0.29) is 6.61 Å². The number of thioether (sulfide) groups is 1. The van der Waals surface area contributed by atoms with Crippen molar-refractivity contribution >= 4 is 35.3 Å². The van der Waals surface area contributed by atoms with E-state index in [2.05, 4.69) is 18.8 Å². The van der Waals surface area contributed by atoms with Gasteiger partial charge in [-0.3, -0.25) is 0 Å². The van der Waals surface area contributed by atoms with Crippen molar-refractivity contribution < 1.29 is 19.0 Å². The van der Waals surface area contributed by atoms with Gasteiger partial charge in [-0.1, -0.05) is 86.5 Å². The number of anilines is 1. The number of ether oxygens (including phenoxy) is 3. The largest absolute Gasteiger partial charge is 0.493 e. The van der Waals surface area contributed by atoms with Crippen molar-refractivity contribution in [1.82, 2.24) is 14.8 Å². The summed E-state index contributed by atoms with van der Waals surface area (Å²) >= 11 is 7.81. The predicted molar refractivity (Wildman–Crippen MR) is 159 cm³/mol. The fourth-order valence-corrected chi connectivity index (χ4v) is 5.53. The van der Waals surface area contributed by atoms with Crippen molar-refractivity contribution in [2.24, 2.45) is 0 Å². The monoisotopic (exact) mass is 582 g/mol. The minimum absolute atomic E-state index is 0.0968. The van der Waals surface area contributed by atoms with E-state index in [1.807, 2.05) is 49.4 Å². The molecule has 2 heterocycles. The summed E-state index contributed by atoms with van der Waals surface area (Å²) in [4.78, 5) is 18.0. The molecule has 3 aromatic rings. The molecule has 0 amide bonds. The van der Waals surface area contributed by atoms with Crippen molar-refractivity contribution in [3.8, 4) is 11.5 Å². The summed E-state index contributed by atoms with van der Waals surface area (Å²) in [5, 5.41) is 9.26. The van der Waals surface area contributed by atoms with Gasteiger partial charge in [0, 0.05) is 16.5 Å². The van der Waals surface area contributed by atoms with Crippen molar-refractivity contribution in [3.63, 3.8) is 0 Å². The van der Waals surface area contributed by atoms with Crippen molar-refractivity contribution in [3.05, 3.63) is 82.5 Å².